The van der Waals surface area contributed by atoms with Gasteiger partial charge in [-0.15, -0.1) is 0 Å². The van der Waals surface area contributed by atoms with E-state index in [0.717, 1.165) is 16.3 Å². The number of benzene rings is 1. The van der Waals surface area contributed by atoms with Gasteiger partial charge in [-0.05, 0) is 72.3 Å². The van der Waals surface area contributed by atoms with Crippen LogP contribution < -0.4 is 5.73 Å². The van der Waals surface area contributed by atoms with Gasteiger partial charge in [0, 0.05) is 23.3 Å². The third-order valence-corrected chi connectivity index (χ3v) is 8.72. The Kier molecular flexibility index (Phi) is 5.53. The summed E-state index contributed by atoms with van der Waals surface area (Å²) < 4.78 is 0. The minimum Gasteiger partial charge on any atom is -0.323 e. The second kappa shape index (κ2) is 8.16. The lowest BCUT2D eigenvalue weighted by Gasteiger charge is -2.40. The van der Waals surface area contributed by atoms with E-state index in [1.165, 1.54) is 54.1 Å². The van der Waals surface area contributed by atoms with Crippen LogP contribution in [0.15, 0.2) is 64.8 Å². The summed E-state index contributed by atoms with van der Waals surface area (Å²) in [5.74, 6) is 0.553. The number of pyridine rings is 2. The summed E-state index contributed by atoms with van der Waals surface area (Å²) in [6, 6.07) is 15.0. The molecule has 0 unspecified atom stereocenters. The maximum atomic E-state index is 6.72. The van der Waals surface area contributed by atoms with Gasteiger partial charge in [-0.1, -0.05) is 65.3 Å². The first kappa shape index (κ1) is 20.3. The lowest BCUT2D eigenvalue weighted by molar-refractivity contribution is 0.149. The van der Waals surface area contributed by atoms with Gasteiger partial charge in [-0.3, -0.25) is 0 Å². The van der Waals surface area contributed by atoms with Gasteiger partial charge in [0.05, 0.1) is 5.02 Å². The van der Waals surface area contributed by atoms with Crippen molar-refractivity contribution in [2.24, 2.45) is 11.1 Å². The second-order valence-corrected chi connectivity index (χ2v) is 10.2. The minimum atomic E-state index is 0.170. The quantitative estimate of drug-likeness (QED) is 0.439. The van der Waals surface area contributed by atoms with Crippen molar-refractivity contribution in [1.82, 2.24) is 9.97 Å². The third kappa shape index (κ3) is 3.64. The highest BCUT2D eigenvalue weighted by Gasteiger charge is 2.46. The van der Waals surface area contributed by atoms with E-state index in [9.17, 15) is 0 Å². The monoisotopic (exact) mass is 455 g/mol. The van der Waals surface area contributed by atoms with Crippen LogP contribution in [0.25, 0.3) is 0 Å². The standard InChI is InChI=1S/C24H23Cl2N3S/c25-21-19(9-12-28-23(21)26)30-20-6-5-17(14-29-20)15-7-10-24(11-8-15)13-16-3-1-2-4-18(16)22(24)27/h1-6,9,12,14-15,22H,7-8,10-11,13,27H2/t15-,22-,24+/m0/s1. The molecular formula is C24H23Cl2N3S. The Balaban J connectivity index is 1.26. The van der Waals surface area contributed by atoms with Crippen molar-refractivity contribution in [3.05, 3.63) is 81.7 Å². The van der Waals surface area contributed by atoms with E-state index in [-0.39, 0.29) is 11.5 Å². The van der Waals surface area contributed by atoms with E-state index in [4.69, 9.17) is 28.9 Å². The first-order valence-electron chi connectivity index (χ1n) is 10.3. The Hall–Kier alpha value is -1.59. The van der Waals surface area contributed by atoms with Crippen molar-refractivity contribution in [3.8, 4) is 0 Å². The summed E-state index contributed by atoms with van der Waals surface area (Å²) in [4.78, 5) is 9.54. The summed E-state index contributed by atoms with van der Waals surface area (Å²) in [5, 5.41) is 1.70. The Morgan fingerprint density at radius 3 is 2.53 bits per heavy atom. The first-order valence-corrected chi connectivity index (χ1v) is 11.9. The molecule has 1 saturated carbocycles. The van der Waals surface area contributed by atoms with Gasteiger partial charge < -0.3 is 5.73 Å². The molecule has 0 bridgehead atoms. The van der Waals surface area contributed by atoms with Crippen molar-refractivity contribution in [2.45, 2.75) is 54.0 Å². The van der Waals surface area contributed by atoms with E-state index in [2.05, 4.69) is 46.4 Å². The number of rotatable bonds is 3. The van der Waals surface area contributed by atoms with E-state index in [0.29, 0.717) is 16.1 Å². The number of aromatic nitrogens is 2. The molecule has 2 aromatic heterocycles. The lowest BCUT2D eigenvalue weighted by Crippen LogP contribution is -2.35. The van der Waals surface area contributed by atoms with Gasteiger partial charge in [0.25, 0.3) is 0 Å². The van der Waals surface area contributed by atoms with E-state index in [1.54, 1.807) is 6.20 Å². The van der Waals surface area contributed by atoms with Crippen molar-refractivity contribution in [1.29, 1.82) is 0 Å². The number of fused-ring (bicyclic) bond motifs is 1. The van der Waals surface area contributed by atoms with Gasteiger partial charge in [-0.25, -0.2) is 9.97 Å². The summed E-state index contributed by atoms with van der Waals surface area (Å²) in [7, 11) is 0. The van der Waals surface area contributed by atoms with Crippen LogP contribution in [0.1, 0.15) is 54.3 Å². The molecule has 1 aromatic carbocycles. The van der Waals surface area contributed by atoms with Crippen molar-refractivity contribution >= 4 is 35.0 Å². The number of halogens is 2. The molecule has 6 heteroatoms. The zero-order valence-electron chi connectivity index (χ0n) is 16.5. The highest BCUT2D eigenvalue weighted by molar-refractivity contribution is 7.99. The molecule has 1 atom stereocenters. The summed E-state index contributed by atoms with van der Waals surface area (Å²) in [6.45, 7) is 0. The molecule has 2 heterocycles. The molecule has 0 aliphatic heterocycles. The molecule has 0 amide bonds. The molecule has 2 aliphatic rings. The number of hydrogen-bond acceptors (Lipinski definition) is 4. The number of nitrogens with two attached hydrogens (primary N) is 1. The molecular weight excluding hydrogens is 433 g/mol. The van der Waals surface area contributed by atoms with Crippen molar-refractivity contribution in [3.63, 3.8) is 0 Å². The van der Waals surface area contributed by atoms with Gasteiger partial charge >= 0.3 is 0 Å². The molecule has 3 aromatic rings. The third-order valence-electron chi connectivity index (χ3n) is 6.83. The summed E-state index contributed by atoms with van der Waals surface area (Å²) in [6.07, 6.45) is 9.49. The molecule has 2 aliphatic carbocycles. The van der Waals surface area contributed by atoms with Crippen LogP contribution in [0.4, 0.5) is 0 Å². The average molecular weight is 456 g/mol. The number of hydrogen-bond donors (Lipinski definition) is 1. The van der Waals surface area contributed by atoms with Crippen LogP contribution in [0.5, 0.6) is 0 Å². The van der Waals surface area contributed by atoms with E-state index in [1.807, 2.05) is 12.3 Å². The molecule has 30 heavy (non-hydrogen) atoms. The van der Waals surface area contributed by atoms with Crippen LogP contribution in [-0.2, 0) is 6.42 Å². The van der Waals surface area contributed by atoms with Crippen LogP contribution in [-0.4, -0.2) is 9.97 Å². The van der Waals surface area contributed by atoms with Crippen LogP contribution in [0.3, 0.4) is 0 Å². The molecule has 1 spiro atoms. The molecule has 2 N–H and O–H groups in total. The molecule has 3 nitrogen and oxygen atoms in total. The topological polar surface area (TPSA) is 51.8 Å². The zero-order valence-corrected chi connectivity index (χ0v) is 18.9. The first-order chi connectivity index (χ1) is 14.6. The molecule has 0 saturated heterocycles. The van der Waals surface area contributed by atoms with E-state index >= 15 is 0 Å². The smallest absolute Gasteiger partial charge is 0.148 e. The Labute approximate surface area is 191 Å². The predicted molar refractivity (Wildman–Crippen MR) is 123 cm³/mol. The van der Waals surface area contributed by atoms with E-state index < -0.39 is 0 Å². The van der Waals surface area contributed by atoms with Gasteiger partial charge in [0.1, 0.15) is 10.2 Å². The predicted octanol–water partition coefficient (Wildman–Crippen LogP) is 6.83. The SMILES string of the molecule is N[C@H]1c2ccccc2C[C@]12CC[C@H](c1ccc(Sc3ccnc(Cl)c3Cl)nc1)CC2. The maximum absolute atomic E-state index is 6.72. The molecule has 154 valence electrons. The average Bonchev–Trinajstić information content (AvgIpc) is 3.04. The minimum absolute atomic E-state index is 0.170. The Bertz CT molecular complexity index is 1060. The van der Waals surface area contributed by atoms with Crippen LogP contribution in [0, 0.1) is 5.41 Å². The fraction of sp³-hybridized carbons (Fsp3) is 0.333. The van der Waals surface area contributed by atoms with Crippen molar-refractivity contribution in [2.75, 3.05) is 0 Å². The maximum Gasteiger partial charge on any atom is 0.148 e. The molecule has 1 fully saturated rings. The van der Waals surface area contributed by atoms with Crippen LogP contribution >= 0.6 is 35.0 Å². The lowest BCUT2D eigenvalue weighted by atomic mass is 9.66. The normalized spacial score (nSPS) is 25.4. The molecule has 5 rings (SSSR count). The van der Waals surface area contributed by atoms with Crippen LogP contribution in [0.2, 0.25) is 10.2 Å². The van der Waals surface area contributed by atoms with Gasteiger partial charge in [0.2, 0.25) is 0 Å². The fourth-order valence-corrected chi connectivity index (χ4v) is 6.34. The Morgan fingerprint density at radius 2 is 1.80 bits per heavy atom. The Morgan fingerprint density at radius 1 is 1.00 bits per heavy atom. The zero-order chi connectivity index (χ0) is 20.7. The highest BCUT2D eigenvalue weighted by Crippen LogP contribution is 2.55. The molecule has 0 radical (unpaired) electrons. The fourth-order valence-electron chi connectivity index (χ4n) is 5.12. The largest absolute Gasteiger partial charge is 0.323 e. The summed E-state index contributed by atoms with van der Waals surface area (Å²) in [5.41, 5.74) is 11.1. The summed E-state index contributed by atoms with van der Waals surface area (Å²) >= 11 is 13.8. The van der Waals surface area contributed by atoms with Gasteiger partial charge in [0.15, 0.2) is 0 Å². The number of nitrogens with zero attached hydrogens (tertiary/aromatic N) is 2. The van der Waals surface area contributed by atoms with Gasteiger partial charge in [-0.2, -0.15) is 0 Å². The second-order valence-electron chi connectivity index (χ2n) is 8.44. The highest BCUT2D eigenvalue weighted by atomic mass is 35.5. The van der Waals surface area contributed by atoms with Crippen molar-refractivity contribution < 1.29 is 0 Å².